The van der Waals surface area contributed by atoms with Crippen LogP contribution in [0.25, 0.3) is 0 Å². The van der Waals surface area contributed by atoms with Gasteiger partial charge in [0.05, 0.1) is 19.3 Å². The van der Waals surface area contributed by atoms with E-state index in [4.69, 9.17) is 22.5 Å². The molecular weight excluding hydrogens is 435 g/mol. The van der Waals surface area contributed by atoms with Gasteiger partial charge < -0.3 is 22.5 Å². The topological polar surface area (TPSA) is 58.5 Å². The Morgan fingerprint density at radius 2 is 1.17 bits per heavy atom. The SMILES string of the molecule is CCO/N=C(\CO[Si](C)(C)C)C(O[Si](C)(C)C)C(CO[Si](C)(C)C)O[Si](C)(C)C. The molecule has 0 aliphatic heterocycles. The van der Waals surface area contributed by atoms with E-state index < -0.39 is 33.3 Å². The number of nitrogens with zero attached hydrogens (tertiary/aromatic N) is 1. The van der Waals surface area contributed by atoms with Crippen molar-refractivity contribution in [3.63, 3.8) is 0 Å². The molecule has 0 aromatic rings. The summed E-state index contributed by atoms with van der Waals surface area (Å²) in [7, 11) is -7.19. The molecule has 174 valence electrons. The second-order valence-electron chi connectivity index (χ2n) is 11.2. The summed E-state index contributed by atoms with van der Waals surface area (Å²) in [5, 5.41) is 4.43. The fourth-order valence-electron chi connectivity index (χ4n) is 2.31. The quantitative estimate of drug-likeness (QED) is 0.186. The standard InChI is InChI=1S/C19H47NO5Si4/c1-14-21-20-17(15-22-26(2,3)4)19(25-29(11,12)13)18(24-28(8,9)10)16-23-27(5,6)7/h18-19H,14-16H2,1-13H3/b20-17+. The van der Waals surface area contributed by atoms with E-state index in [1.807, 2.05) is 6.92 Å². The summed E-state index contributed by atoms with van der Waals surface area (Å²) in [6.45, 7) is 29.5. The average Bonchev–Trinajstić information content (AvgIpc) is 2.46. The first-order valence-electron chi connectivity index (χ1n) is 10.7. The van der Waals surface area contributed by atoms with E-state index >= 15 is 0 Å². The lowest BCUT2D eigenvalue weighted by molar-refractivity contribution is 0.0387. The Balaban J connectivity index is 6.00. The highest BCUT2D eigenvalue weighted by Crippen LogP contribution is 2.21. The molecular formula is C19H47NO5Si4. The van der Waals surface area contributed by atoms with Crippen LogP contribution in [0.15, 0.2) is 5.16 Å². The lowest BCUT2D eigenvalue weighted by Crippen LogP contribution is -2.52. The summed E-state index contributed by atoms with van der Waals surface area (Å²) in [5.74, 6) is 0. The van der Waals surface area contributed by atoms with E-state index in [2.05, 4.69) is 83.7 Å². The fourth-order valence-corrected chi connectivity index (χ4v) is 5.70. The first-order valence-corrected chi connectivity index (χ1v) is 24.3. The van der Waals surface area contributed by atoms with Crippen molar-refractivity contribution in [3.8, 4) is 0 Å². The van der Waals surface area contributed by atoms with Crippen molar-refractivity contribution in [2.24, 2.45) is 5.16 Å². The molecule has 0 saturated heterocycles. The molecule has 0 fully saturated rings. The predicted octanol–water partition coefficient (Wildman–Crippen LogP) is 5.52. The van der Waals surface area contributed by atoms with E-state index in [0.29, 0.717) is 19.8 Å². The zero-order chi connectivity index (χ0) is 23.1. The third kappa shape index (κ3) is 16.5. The van der Waals surface area contributed by atoms with E-state index in [1.54, 1.807) is 0 Å². The van der Waals surface area contributed by atoms with Crippen LogP contribution in [-0.4, -0.2) is 71.0 Å². The molecule has 0 aliphatic rings. The minimum atomic E-state index is -1.90. The second kappa shape index (κ2) is 11.7. The highest BCUT2D eigenvalue weighted by Gasteiger charge is 2.37. The highest BCUT2D eigenvalue weighted by molar-refractivity contribution is 6.71. The van der Waals surface area contributed by atoms with Gasteiger partial charge in [0.2, 0.25) is 0 Å². The van der Waals surface area contributed by atoms with Gasteiger partial charge in [-0.15, -0.1) is 0 Å². The maximum absolute atomic E-state index is 6.63. The number of rotatable bonds is 14. The second-order valence-corrected chi connectivity index (χ2v) is 29.2. The predicted molar refractivity (Wildman–Crippen MR) is 134 cm³/mol. The molecule has 0 bridgehead atoms. The smallest absolute Gasteiger partial charge is 0.184 e. The third-order valence-electron chi connectivity index (χ3n) is 3.30. The molecule has 6 nitrogen and oxygen atoms in total. The van der Waals surface area contributed by atoms with Gasteiger partial charge in [-0.2, -0.15) is 0 Å². The van der Waals surface area contributed by atoms with Gasteiger partial charge in [-0.25, -0.2) is 0 Å². The Kier molecular flexibility index (Phi) is 11.8. The summed E-state index contributed by atoms with van der Waals surface area (Å²) in [6, 6.07) is 0. The summed E-state index contributed by atoms with van der Waals surface area (Å²) in [4.78, 5) is 5.46. The van der Waals surface area contributed by atoms with E-state index in [1.165, 1.54) is 0 Å². The van der Waals surface area contributed by atoms with Crippen LogP contribution in [0.5, 0.6) is 0 Å². The van der Waals surface area contributed by atoms with E-state index in [9.17, 15) is 0 Å². The van der Waals surface area contributed by atoms with Gasteiger partial charge in [0.1, 0.15) is 18.4 Å². The zero-order valence-electron chi connectivity index (χ0n) is 21.3. The van der Waals surface area contributed by atoms with E-state index in [0.717, 1.165) is 5.71 Å². The average molecular weight is 482 g/mol. The lowest BCUT2D eigenvalue weighted by Gasteiger charge is -2.37. The molecule has 0 amide bonds. The van der Waals surface area contributed by atoms with Crippen LogP contribution in [0.3, 0.4) is 0 Å². The maximum Gasteiger partial charge on any atom is 0.184 e. The summed E-state index contributed by atoms with van der Waals surface area (Å²) < 4.78 is 25.7. The van der Waals surface area contributed by atoms with Gasteiger partial charge in [-0.1, -0.05) is 5.16 Å². The van der Waals surface area contributed by atoms with Crippen molar-refractivity contribution >= 4 is 39.0 Å². The molecule has 0 aromatic carbocycles. The Hall–Kier alpha value is 0.178. The molecule has 0 N–H and O–H groups in total. The normalized spacial score (nSPS) is 16.7. The van der Waals surface area contributed by atoms with Crippen molar-refractivity contribution in [2.75, 3.05) is 19.8 Å². The molecule has 2 unspecified atom stereocenters. The highest BCUT2D eigenvalue weighted by atomic mass is 28.4. The molecule has 29 heavy (non-hydrogen) atoms. The Labute approximate surface area is 184 Å². The van der Waals surface area contributed by atoms with Gasteiger partial charge in [0.15, 0.2) is 33.3 Å². The number of oxime groups is 1. The van der Waals surface area contributed by atoms with Crippen LogP contribution in [0.1, 0.15) is 6.92 Å². The third-order valence-corrected chi connectivity index (χ3v) is 7.31. The summed E-state index contributed by atoms with van der Waals surface area (Å²) in [5.41, 5.74) is 0.763. The minimum absolute atomic E-state index is 0.232. The molecule has 0 heterocycles. The molecule has 10 heteroatoms. The summed E-state index contributed by atoms with van der Waals surface area (Å²) in [6.07, 6.45) is -0.572. The van der Waals surface area contributed by atoms with Crippen LogP contribution in [0, 0.1) is 0 Å². The molecule has 0 radical (unpaired) electrons. The van der Waals surface area contributed by atoms with Crippen LogP contribution < -0.4 is 0 Å². The minimum Gasteiger partial charge on any atom is -0.415 e. The van der Waals surface area contributed by atoms with Crippen molar-refractivity contribution < 1.29 is 22.5 Å². The number of hydrogen-bond acceptors (Lipinski definition) is 6. The molecule has 0 rings (SSSR count). The Morgan fingerprint density at radius 1 is 0.690 bits per heavy atom. The van der Waals surface area contributed by atoms with Crippen LogP contribution in [0.4, 0.5) is 0 Å². The van der Waals surface area contributed by atoms with Crippen LogP contribution >= 0.6 is 0 Å². The van der Waals surface area contributed by atoms with Gasteiger partial charge in [-0.3, -0.25) is 0 Å². The largest absolute Gasteiger partial charge is 0.415 e. The molecule has 0 aliphatic carbocycles. The van der Waals surface area contributed by atoms with Crippen molar-refractivity contribution in [3.05, 3.63) is 0 Å². The van der Waals surface area contributed by atoms with Gasteiger partial charge in [0, 0.05) is 0 Å². The maximum atomic E-state index is 6.63. The lowest BCUT2D eigenvalue weighted by atomic mass is 10.1. The fraction of sp³-hybridized carbons (Fsp3) is 0.947. The monoisotopic (exact) mass is 481 g/mol. The molecule has 0 aromatic heterocycles. The summed E-state index contributed by atoms with van der Waals surface area (Å²) >= 11 is 0. The molecule has 2 atom stereocenters. The zero-order valence-corrected chi connectivity index (χ0v) is 25.3. The van der Waals surface area contributed by atoms with Gasteiger partial charge >= 0.3 is 0 Å². The van der Waals surface area contributed by atoms with Gasteiger partial charge in [0.25, 0.3) is 0 Å². The van der Waals surface area contributed by atoms with E-state index in [-0.39, 0.29) is 12.2 Å². The number of hydrogen-bond donors (Lipinski definition) is 0. The molecule has 0 saturated carbocycles. The first-order chi connectivity index (χ1) is 12.8. The van der Waals surface area contributed by atoms with Crippen LogP contribution in [-0.2, 0) is 22.5 Å². The van der Waals surface area contributed by atoms with Crippen molar-refractivity contribution in [2.45, 2.75) is 97.7 Å². The molecule has 0 spiro atoms. The van der Waals surface area contributed by atoms with Crippen molar-refractivity contribution in [1.29, 1.82) is 0 Å². The Bertz CT molecular complexity index is 505. The first kappa shape index (κ1) is 29.2. The van der Waals surface area contributed by atoms with Gasteiger partial charge in [-0.05, 0) is 85.5 Å². The van der Waals surface area contributed by atoms with Crippen LogP contribution in [0.2, 0.25) is 78.6 Å². The Morgan fingerprint density at radius 3 is 1.55 bits per heavy atom. The van der Waals surface area contributed by atoms with Crippen molar-refractivity contribution in [1.82, 2.24) is 0 Å².